The van der Waals surface area contributed by atoms with Crippen LogP contribution in [0.2, 0.25) is 0 Å². The van der Waals surface area contributed by atoms with Gasteiger partial charge in [0.1, 0.15) is 18.0 Å². The van der Waals surface area contributed by atoms with Gasteiger partial charge in [0.2, 0.25) is 0 Å². The first kappa shape index (κ1) is 15.5. The second kappa shape index (κ2) is 6.41. The molecule has 0 bridgehead atoms. The lowest BCUT2D eigenvalue weighted by Crippen LogP contribution is -2.50. The number of anilines is 2. The van der Waals surface area contributed by atoms with Gasteiger partial charge in [-0.25, -0.2) is 9.97 Å². The normalized spacial score (nSPS) is 29.7. The van der Waals surface area contributed by atoms with Gasteiger partial charge in [-0.15, -0.1) is 0 Å². The van der Waals surface area contributed by atoms with E-state index in [0.29, 0.717) is 0 Å². The third-order valence-electron chi connectivity index (χ3n) is 5.03. The Morgan fingerprint density at radius 2 is 2.05 bits per heavy atom. The monoisotopic (exact) mass is 304 g/mol. The van der Waals surface area contributed by atoms with Crippen molar-refractivity contribution >= 4 is 11.6 Å². The Balaban J connectivity index is 1.76. The van der Waals surface area contributed by atoms with Crippen molar-refractivity contribution in [3.63, 3.8) is 0 Å². The average Bonchev–Trinajstić information content (AvgIpc) is 2.55. The highest BCUT2D eigenvalue weighted by Gasteiger charge is 2.31. The van der Waals surface area contributed by atoms with E-state index in [1.807, 2.05) is 0 Å². The summed E-state index contributed by atoms with van der Waals surface area (Å²) in [6.07, 6.45) is 5.31. The van der Waals surface area contributed by atoms with E-state index in [1.165, 1.54) is 12.8 Å². The Kier molecular flexibility index (Phi) is 4.52. The fourth-order valence-electron chi connectivity index (χ4n) is 3.42. The Morgan fingerprint density at radius 1 is 1.27 bits per heavy atom. The van der Waals surface area contributed by atoms with E-state index in [2.05, 4.69) is 46.6 Å². The van der Waals surface area contributed by atoms with Crippen LogP contribution in [0.5, 0.6) is 0 Å². The second-order valence-electron chi connectivity index (χ2n) is 7.00. The van der Waals surface area contributed by atoms with E-state index < -0.39 is 0 Å². The molecule has 122 valence electrons. The van der Waals surface area contributed by atoms with Gasteiger partial charge in [-0.05, 0) is 32.1 Å². The van der Waals surface area contributed by atoms with Gasteiger partial charge >= 0.3 is 0 Å². The molecule has 0 amide bonds. The number of hydrogen-bond acceptors (Lipinski definition) is 5. The van der Waals surface area contributed by atoms with Gasteiger partial charge in [0.05, 0.1) is 12.2 Å². The lowest BCUT2D eigenvalue weighted by atomic mass is 10.0. The predicted molar refractivity (Wildman–Crippen MR) is 89.5 cm³/mol. The van der Waals surface area contributed by atoms with Crippen LogP contribution < -0.4 is 9.80 Å². The highest BCUT2D eigenvalue weighted by Crippen LogP contribution is 2.27. The minimum atomic E-state index is -0.0665. The number of aromatic nitrogens is 2. The molecule has 0 saturated carbocycles. The van der Waals surface area contributed by atoms with E-state index in [4.69, 9.17) is 4.74 Å². The molecule has 3 heterocycles. The van der Waals surface area contributed by atoms with Gasteiger partial charge in [0.25, 0.3) is 0 Å². The van der Waals surface area contributed by atoms with E-state index >= 15 is 0 Å². The zero-order valence-electron chi connectivity index (χ0n) is 14.1. The Morgan fingerprint density at radius 3 is 2.77 bits per heavy atom. The largest absolute Gasteiger partial charge is 0.372 e. The van der Waals surface area contributed by atoms with E-state index in [-0.39, 0.29) is 5.60 Å². The van der Waals surface area contributed by atoms with E-state index in [1.54, 1.807) is 6.33 Å². The van der Waals surface area contributed by atoms with Crippen LogP contribution in [0.3, 0.4) is 0 Å². The maximum Gasteiger partial charge on any atom is 0.134 e. The predicted octanol–water partition coefficient (Wildman–Crippen LogP) is 2.72. The van der Waals surface area contributed by atoms with Crippen LogP contribution in [0.15, 0.2) is 12.4 Å². The zero-order valence-corrected chi connectivity index (χ0v) is 14.1. The Labute approximate surface area is 133 Å². The summed E-state index contributed by atoms with van der Waals surface area (Å²) in [7, 11) is 0. The smallest absolute Gasteiger partial charge is 0.134 e. The van der Waals surface area contributed by atoms with Crippen LogP contribution in [-0.4, -0.2) is 48.4 Å². The molecule has 5 heteroatoms. The molecule has 1 aromatic heterocycles. The number of ether oxygens (including phenoxy) is 1. The molecule has 2 aliphatic heterocycles. The van der Waals surface area contributed by atoms with Crippen molar-refractivity contribution in [2.75, 3.05) is 42.6 Å². The molecule has 2 saturated heterocycles. The van der Waals surface area contributed by atoms with Gasteiger partial charge in [0, 0.05) is 32.2 Å². The number of rotatable bonds is 3. The Bertz CT molecular complexity index is 509. The van der Waals surface area contributed by atoms with Gasteiger partial charge < -0.3 is 14.5 Å². The summed E-state index contributed by atoms with van der Waals surface area (Å²) < 4.78 is 5.93. The zero-order chi connectivity index (χ0) is 15.6. The van der Waals surface area contributed by atoms with E-state index in [9.17, 15) is 0 Å². The summed E-state index contributed by atoms with van der Waals surface area (Å²) in [6.45, 7) is 11.5. The summed E-state index contributed by atoms with van der Waals surface area (Å²) in [5.74, 6) is 2.85. The molecule has 0 spiro atoms. The molecule has 2 atom stereocenters. The first-order chi connectivity index (χ1) is 10.6. The highest BCUT2D eigenvalue weighted by molar-refractivity contribution is 5.50. The summed E-state index contributed by atoms with van der Waals surface area (Å²) in [5.41, 5.74) is -0.0665. The number of hydrogen-bond donors (Lipinski definition) is 0. The molecule has 2 aliphatic rings. The van der Waals surface area contributed by atoms with Crippen molar-refractivity contribution in [3.8, 4) is 0 Å². The fourth-order valence-corrected chi connectivity index (χ4v) is 3.42. The SMILES string of the molecule is CCC1(C)CN(c2cc(N3CCCC(C)C3)ncn2)CCO1. The fraction of sp³-hybridized carbons (Fsp3) is 0.765. The van der Waals surface area contributed by atoms with Crippen LogP contribution in [0.1, 0.15) is 40.0 Å². The van der Waals surface area contributed by atoms with Crippen molar-refractivity contribution in [2.45, 2.75) is 45.6 Å². The number of nitrogens with zero attached hydrogens (tertiary/aromatic N) is 4. The van der Waals surface area contributed by atoms with Gasteiger partial charge in [-0.1, -0.05) is 13.8 Å². The molecule has 0 N–H and O–H groups in total. The van der Waals surface area contributed by atoms with Crippen molar-refractivity contribution in [1.29, 1.82) is 0 Å². The molecular weight excluding hydrogens is 276 g/mol. The van der Waals surface area contributed by atoms with Crippen molar-refractivity contribution < 1.29 is 4.74 Å². The average molecular weight is 304 g/mol. The van der Waals surface area contributed by atoms with E-state index in [0.717, 1.165) is 56.8 Å². The molecule has 0 aromatic carbocycles. The standard InChI is InChI=1S/C17H28N4O/c1-4-17(3)12-21(8-9-22-17)16-10-15(18-13-19-16)20-7-5-6-14(2)11-20/h10,13-14H,4-9,11-12H2,1-3H3. The molecule has 5 nitrogen and oxygen atoms in total. The van der Waals surface area contributed by atoms with Crippen LogP contribution in [-0.2, 0) is 4.74 Å². The minimum absolute atomic E-state index is 0.0665. The maximum atomic E-state index is 5.93. The third-order valence-corrected chi connectivity index (χ3v) is 5.03. The van der Waals surface area contributed by atoms with Gasteiger partial charge in [-0.3, -0.25) is 0 Å². The molecule has 1 aromatic rings. The van der Waals surface area contributed by atoms with Crippen LogP contribution >= 0.6 is 0 Å². The molecular formula is C17H28N4O. The lowest BCUT2D eigenvalue weighted by Gasteiger charge is -2.41. The third kappa shape index (κ3) is 3.35. The second-order valence-corrected chi connectivity index (χ2v) is 7.00. The lowest BCUT2D eigenvalue weighted by molar-refractivity contribution is -0.0443. The van der Waals surface area contributed by atoms with Crippen molar-refractivity contribution in [2.24, 2.45) is 5.92 Å². The molecule has 0 aliphatic carbocycles. The maximum absolute atomic E-state index is 5.93. The number of piperidine rings is 1. The molecule has 2 fully saturated rings. The van der Waals surface area contributed by atoms with Crippen LogP contribution in [0.4, 0.5) is 11.6 Å². The molecule has 22 heavy (non-hydrogen) atoms. The summed E-state index contributed by atoms with van der Waals surface area (Å²) in [6, 6.07) is 2.15. The van der Waals surface area contributed by atoms with Gasteiger partial charge in [0.15, 0.2) is 0 Å². The minimum Gasteiger partial charge on any atom is -0.372 e. The Hall–Kier alpha value is -1.36. The quantitative estimate of drug-likeness (QED) is 0.859. The molecule has 0 radical (unpaired) electrons. The summed E-state index contributed by atoms with van der Waals surface area (Å²) in [5, 5.41) is 0. The molecule has 3 rings (SSSR count). The van der Waals surface area contributed by atoms with Crippen molar-refractivity contribution in [3.05, 3.63) is 12.4 Å². The van der Waals surface area contributed by atoms with Crippen LogP contribution in [0.25, 0.3) is 0 Å². The molecule has 2 unspecified atom stereocenters. The highest BCUT2D eigenvalue weighted by atomic mass is 16.5. The first-order valence-electron chi connectivity index (χ1n) is 8.55. The van der Waals surface area contributed by atoms with Crippen molar-refractivity contribution in [1.82, 2.24) is 9.97 Å². The summed E-state index contributed by atoms with van der Waals surface area (Å²) in [4.78, 5) is 13.8. The number of morpholine rings is 1. The van der Waals surface area contributed by atoms with Gasteiger partial charge in [-0.2, -0.15) is 0 Å². The van der Waals surface area contributed by atoms with Crippen LogP contribution in [0, 0.1) is 5.92 Å². The summed E-state index contributed by atoms with van der Waals surface area (Å²) >= 11 is 0. The first-order valence-corrected chi connectivity index (χ1v) is 8.55. The topological polar surface area (TPSA) is 41.5 Å².